The molecule has 1 rings (SSSR count). The Morgan fingerprint density at radius 3 is 1.50 bits per heavy atom. The summed E-state index contributed by atoms with van der Waals surface area (Å²) in [7, 11) is 0. The molecule has 0 unspecified atom stereocenters. The van der Waals surface area contributed by atoms with Gasteiger partial charge in [0.05, 0.1) is 0 Å². The summed E-state index contributed by atoms with van der Waals surface area (Å²) in [5, 5.41) is 0. The van der Waals surface area contributed by atoms with Crippen molar-refractivity contribution in [2.75, 3.05) is 0 Å². The van der Waals surface area contributed by atoms with E-state index in [1.54, 1.807) is 0 Å². The van der Waals surface area contributed by atoms with E-state index in [9.17, 15) is 0 Å². The maximum Gasteiger partial charge on any atom is -0.0351 e. The third-order valence-corrected chi connectivity index (χ3v) is 1.99. The molecule has 0 aromatic heterocycles. The molecular weight excluding hydrogens is 144 g/mol. The van der Waals surface area contributed by atoms with Gasteiger partial charge in [0.2, 0.25) is 0 Å². The molecule has 0 fully saturated rings. The van der Waals surface area contributed by atoms with E-state index in [2.05, 4.69) is 12.2 Å². The van der Waals surface area contributed by atoms with Gasteiger partial charge in [0.1, 0.15) is 0 Å². The van der Waals surface area contributed by atoms with Gasteiger partial charge in [-0.25, -0.2) is 0 Å². The molecule has 0 bridgehead atoms. The monoisotopic (exact) mass is 166 g/mol. The van der Waals surface area contributed by atoms with Crippen LogP contribution in [0.15, 0.2) is 24.3 Å². The van der Waals surface area contributed by atoms with E-state index in [1.165, 1.54) is 38.5 Å². The molecule has 0 aromatic rings. The lowest BCUT2D eigenvalue weighted by molar-refractivity contribution is 0.638. The van der Waals surface area contributed by atoms with Gasteiger partial charge >= 0.3 is 0 Å². The minimum Gasteiger partial charge on any atom is -0.0919 e. The molecule has 0 atom stereocenters. The van der Waals surface area contributed by atoms with Gasteiger partial charge < -0.3 is 0 Å². The molecule has 12 heavy (non-hydrogen) atoms. The van der Waals surface area contributed by atoms with Gasteiger partial charge in [-0.05, 0) is 39.5 Å². The molecule has 0 saturated carbocycles. The van der Waals surface area contributed by atoms with Crippen LogP contribution in [0.3, 0.4) is 0 Å². The number of hydrogen-bond donors (Lipinski definition) is 0. The first kappa shape index (κ1) is 11.5. The average Bonchev–Trinajstić information content (AvgIpc) is 2.04. The largest absolute Gasteiger partial charge is 0.0919 e. The van der Waals surface area contributed by atoms with Gasteiger partial charge in [-0.3, -0.25) is 0 Å². The van der Waals surface area contributed by atoms with E-state index in [1.807, 2.05) is 26.0 Å². The van der Waals surface area contributed by atoms with Crippen LogP contribution in [-0.2, 0) is 0 Å². The second kappa shape index (κ2) is 10.5. The van der Waals surface area contributed by atoms with Crippen molar-refractivity contribution in [1.82, 2.24) is 0 Å². The Balaban J connectivity index is 0.000000261. The molecule has 70 valence electrons. The van der Waals surface area contributed by atoms with E-state index < -0.39 is 0 Å². The first-order chi connectivity index (χ1) is 5.91. The molecule has 1 aliphatic carbocycles. The Kier molecular flexibility index (Phi) is 10.0. The van der Waals surface area contributed by atoms with Gasteiger partial charge in [0.15, 0.2) is 0 Å². The van der Waals surface area contributed by atoms with Crippen LogP contribution in [0.1, 0.15) is 52.4 Å². The molecule has 0 spiro atoms. The molecule has 0 nitrogen and oxygen atoms in total. The summed E-state index contributed by atoms with van der Waals surface area (Å²) in [6.07, 6.45) is 17.0. The van der Waals surface area contributed by atoms with Crippen LogP contribution in [0.2, 0.25) is 0 Å². The van der Waals surface area contributed by atoms with Crippen molar-refractivity contribution >= 4 is 0 Å². The lowest BCUT2D eigenvalue weighted by atomic mass is 10.1. The van der Waals surface area contributed by atoms with Crippen LogP contribution in [-0.4, -0.2) is 0 Å². The molecule has 0 aliphatic heterocycles. The van der Waals surface area contributed by atoms with Crippen LogP contribution in [0, 0.1) is 0 Å². The Labute approximate surface area is 77.4 Å². The van der Waals surface area contributed by atoms with Gasteiger partial charge in [-0.1, -0.05) is 37.1 Å². The van der Waals surface area contributed by atoms with Crippen molar-refractivity contribution in [3.8, 4) is 0 Å². The van der Waals surface area contributed by atoms with Crippen LogP contribution in [0.4, 0.5) is 0 Å². The maximum absolute atomic E-state index is 2.32. The highest BCUT2D eigenvalue weighted by Gasteiger charge is 1.89. The second-order valence-corrected chi connectivity index (χ2v) is 3.13. The van der Waals surface area contributed by atoms with E-state index in [0.29, 0.717) is 0 Å². The quantitative estimate of drug-likeness (QED) is 0.465. The van der Waals surface area contributed by atoms with E-state index in [4.69, 9.17) is 0 Å². The van der Waals surface area contributed by atoms with Crippen LogP contribution in [0.5, 0.6) is 0 Å². The van der Waals surface area contributed by atoms with Gasteiger partial charge in [-0.2, -0.15) is 0 Å². The van der Waals surface area contributed by atoms with Crippen LogP contribution < -0.4 is 0 Å². The maximum atomic E-state index is 2.32. The fourth-order valence-electron chi connectivity index (χ4n) is 1.11. The molecule has 0 heterocycles. The average molecular weight is 166 g/mol. The summed E-state index contributed by atoms with van der Waals surface area (Å²) < 4.78 is 0. The van der Waals surface area contributed by atoms with Crippen LogP contribution in [0.25, 0.3) is 0 Å². The first-order valence-corrected chi connectivity index (χ1v) is 5.14. The summed E-state index contributed by atoms with van der Waals surface area (Å²) in [6.45, 7) is 4.00. The molecule has 0 N–H and O–H groups in total. The Morgan fingerprint density at radius 1 is 0.750 bits per heavy atom. The lowest BCUT2D eigenvalue weighted by Crippen LogP contribution is -1.80. The normalized spacial score (nSPS) is 17.8. The SMILES string of the molecule is C/C=C/C.C1=CCCCCCC1. The zero-order valence-corrected chi connectivity index (χ0v) is 8.55. The zero-order chi connectivity index (χ0) is 9.07. The highest BCUT2D eigenvalue weighted by molar-refractivity contribution is 4.82. The Morgan fingerprint density at radius 2 is 1.17 bits per heavy atom. The predicted octanol–water partition coefficient (Wildman–Crippen LogP) is 4.48. The topological polar surface area (TPSA) is 0 Å². The van der Waals surface area contributed by atoms with E-state index >= 15 is 0 Å². The van der Waals surface area contributed by atoms with E-state index in [0.717, 1.165) is 0 Å². The Bertz CT molecular complexity index is 106. The van der Waals surface area contributed by atoms with Gasteiger partial charge in [0, 0.05) is 0 Å². The summed E-state index contributed by atoms with van der Waals surface area (Å²) in [4.78, 5) is 0. The summed E-state index contributed by atoms with van der Waals surface area (Å²) in [5.41, 5.74) is 0. The summed E-state index contributed by atoms with van der Waals surface area (Å²) >= 11 is 0. The smallest absolute Gasteiger partial charge is 0.0351 e. The molecular formula is C12H22. The minimum atomic E-state index is 1.32. The predicted molar refractivity (Wildman–Crippen MR) is 57.3 cm³/mol. The zero-order valence-electron chi connectivity index (χ0n) is 8.55. The van der Waals surface area contributed by atoms with Crippen molar-refractivity contribution in [3.63, 3.8) is 0 Å². The molecule has 0 saturated heterocycles. The Hall–Kier alpha value is -0.520. The fourth-order valence-corrected chi connectivity index (χ4v) is 1.11. The number of allylic oxidation sites excluding steroid dienone is 4. The van der Waals surface area contributed by atoms with E-state index in [-0.39, 0.29) is 0 Å². The van der Waals surface area contributed by atoms with Crippen molar-refractivity contribution in [3.05, 3.63) is 24.3 Å². The summed E-state index contributed by atoms with van der Waals surface area (Å²) in [6, 6.07) is 0. The van der Waals surface area contributed by atoms with Crippen LogP contribution >= 0.6 is 0 Å². The fraction of sp³-hybridized carbons (Fsp3) is 0.667. The molecule has 0 aromatic carbocycles. The lowest BCUT2D eigenvalue weighted by Gasteiger charge is -2.00. The molecule has 1 aliphatic rings. The number of hydrogen-bond acceptors (Lipinski definition) is 0. The highest BCUT2D eigenvalue weighted by atomic mass is 14.0. The third-order valence-electron chi connectivity index (χ3n) is 1.99. The van der Waals surface area contributed by atoms with Crippen molar-refractivity contribution in [2.24, 2.45) is 0 Å². The van der Waals surface area contributed by atoms with Crippen molar-refractivity contribution in [2.45, 2.75) is 52.4 Å². The number of rotatable bonds is 0. The molecule has 0 radical (unpaired) electrons. The third kappa shape index (κ3) is 9.48. The first-order valence-electron chi connectivity index (χ1n) is 5.14. The van der Waals surface area contributed by atoms with Gasteiger partial charge in [0.25, 0.3) is 0 Å². The minimum absolute atomic E-state index is 1.32. The molecule has 0 amide bonds. The standard InChI is InChI=1S/C8H14.C4H8/c1-2-4-6-8-7-5-3-1;1-3-4-2/h1-2H,3-8H2;3-4H,1-2H3/b;4-3+. The van der Waals surface area contributed by atoms with Crippen molar-refractivity contribution < 1.29 is 0 Å². The summed E-state index contributed by atoms with van der Waals surface area (Å²) in [5.74, 6) is 0. The van der Waals surface area contributed by atoms with Gasteiger partial charge in [-0.15, -0.1) is 0 Å². The van der Waals surface area contributed by atoms with Crippen molar-refractivity contribution in [1.29, 1.82) is 0 Å². The molecule has 0 heteroatoms. The highest BCUT2D eigenvalue weighted by Crippen LogP contribution is 2.09. The second-order valence-electron chi connectivity index (χ2n) is 3.13.